The number of allylic oxidation sites excluding steroid dienone is 1. The van der Waals surface area contributed by atoms with Crippen LogP contribution < -0.4 is 4.74 Å². The predicted molar refractivity (Wildman–Crippen MR) is 75.4 cm³/mol. The van der Waals surface area contributed by atoms with E-state index in [0.29, 0.717) is 13.2 Å². The van der Waals surface area contributed by atoms with Gasteiger partial charge in [0.25, 0.3) is 0 Å². The first-order valence-corrected chi connectivity index (χ1v) is 7.01. The number of rotatable bonds is 4. The van der Waals surface area contributed by atoms with Crippen molar-refractivity contribution in [3.63, 3.8) is 0 Å². The molecule has 0 N–H and O–H groups in total. The van der Waals surface area contributed by atoms with Crippen LogP contribution in [0.25, 0.3) is 5.57 Å². The van der Waals surface area contributed by atoms with Crippen molar-refractivity contribution in [2.24, 2.45) is 0 Å². The van der Waals surface area contributed by atoms with Gasteiger partial charge in [-0.3, -0.25) is 0 Å². The third-order valence-electron chi connectivity index (χ3n) is 3.81. The summed E-state index contributed by atoms with van der Waals surface area (Å²) in [5, 5.41) is 0. The van der Waals surface area contributed by atoms with Crippen LogP contribution in [0.15, 0.2) is 30.3 Å². The Morgan fingerprint density at radius 2 is 2.00 bits per heavy atom. The molecule has 0 bridgehead atoms. The van der Waals surface area contributed by atoms with E-state index in [9.17, 15) is 0 Å². The number of benzene rings is 1. The maximum Gasteiger partial charge on any atom is 0.188 e. The maximum atomic E-state index is 5.74. The monoisotopic (exact) mass is 276 g/mol. The van der Waals surface area contributed by atoms with Gasteiger partial charge in [0.2, 0.25) is 0 Å². The molecule has 1 aromatic carbocycles. The van der Waals surface area contributed by atoms with Crippen molar-refractivity contribution < 1.29 is 18.9 Å². The van der Waals surface area contributed by atoms with Crippen LogP contribution in [-0.2, 0) is 14.2 Å². The SMILES string of the molecule is COCOc1ccccc1C1=CCC2(CC1)OCCO2. The van der Waals surface area contributed by atoms with Crippen LogP contribution in [0.1, 0.15) is 24.8 Å². The molecule has 2 aliphatic rings. The second kappa shape index (κ2) is 5.95. The molecule has 1 saturated heterocycles. The van der Waals surface area contributed by atoms with Crippen molar-refractivity contribution in [3.05, 3.63) is 35.9 Å². The van der Waals surface area contributed by atoms with Gasteiger partial charge in [0, 0.05) is 25.5 Å². The molecular formula is C16H20O4. The average molecular weight is 276 g/mol. The van der Waals surface area contributed by atoms with Crippen LogP contribution in [0, 0.1) is 0 Å². The molecule has 1 heterocycles. The Morgan fingerprint density at radius 3 is 2.70 bits per heavy atom. The number of hydrogen-bond donors (Lipinski definition) is 0. The number of ether oxygens (including phenoxy) is 4. The van der Waals surface area contributed by atoms with E-state index in [2.05, 4.69) is 12.1 Å². The molecule has 1 aliphatic carbocycles. The molecule has 1 aromatic rings. The lowest BCUT2D eigenvalue weighted by atomic mass is 9.89. The Hall–Kier alpha value is -1.36. The van der Waals surface area contributed by atoms with Gasteiger partial charge in [-0.15, -0.1) is 0 Å². The fraction of sp³-hybridized carbons (Fsp3) is 0.500. The molecule has 0 saturated carbocycles. The fourth-order valence-electron chi connectivity index (χ4n) is 2.79. The van der Waals surface area contributed by atoms with Crippen molar-refractivity contribution in [2.75, 3.05) is 27.1 Å². The summed E-state index contributed by atoms with van der Waals surface area (Å²) < 4.78 is 22.1. The molecule has 1 aliphatic heterocycles. The maximum absolute atomic E-state index is 5.74. The summed E-state index contributed by atoms with van der Waals surface area (Å²) >= 11 is 0. The Morgan fingerprint density at radius 1 is 1.20 bits per heavy atom. The van der Waals surface area contributed by atoms with Gasteiger partial charge in [0.05, 0.1) is 13.2 Å². The van der Waals surface area contributed by atoms with Gasteiger partial charge < -0.3 is 18.9 Å². The summed E-state index contributed by atoms with van der Waals surface area (Å²) in [4.78, 5) is 0. The van der Waals surface area contributed by atoms with Gasteiger partial charge >= 0.3 is 0 Å². The molecular weight excluding hydrogens is 256 g/mol. The number of hydrogen-bond acceptors (Lipinski definition) is 4. The van der Waals surface area contributed by atoms with Gasteiger partial charge in [-0.25, -0.2) is 0 Å². The van der Waals surface area contributed by atoms with Gasteiger partial charge in [0.1, 0.15) is 5.75 Å². The highest BCUT2D eigenvalue weighted by Crippen LogP contribution is 2.40. The summed E-state index contributed by atoms with van der Waals surface area (Å²) in [7, 11) is 1.63. The van der Waals surface area contributed by atoms with Crippen LogP contribution in [0.2, 0.25) is 0 Å². The Kier molecular flexibility index (Phi) is 4.05. The van der Waals surface area contributed by atoms with Crippen molar-refractivity contribution in [1.29, 1.82) is 0 Å². The summed E-state index contributed by atoms with van der Waals surface area (Å²) in [5.41, 5.74) is 2.43. The van der Waals surface area contributed by atoms with Gasteiger partial charge in [-0.2, -0.15) is 0 Å². The van der Waals surface area contributed by atoms with Gasteiger partial charge in [-0.05, 0) is 18.1 Å². The van der Waals surface area contributed by atoms with Crippen molar-refractivity contribution >= 4 is 5.57 Å². The summed E-state index contributed by atoms with van der Waals surface area (Å²) in [5.74, 6) is 0.496. The molecule has 108 valence electrons. The standard InChI is InChI=1S/C16H20O4/c1-17-12-18-15-5-3-2-4-14(15)13-6-8-16(9-7-13)19-10-11-20-16/h2-6H,7-12H2,1H3. The lowest BCUT2D eigenvalue weighted by Crippen LogP contribution is -2.31. The zero-order valence-corrected chi connectivity index (χ0v) is 11.8. The van der Waals surface area contributed by atoms with E-state index in [4.69, 9.17) is 18.9 Å². The van der Waals surface area contributed by atoms with E-state index in [1.54, 1.807) is 7.11 Å². The van der Waals surface area contributed by atoms with E-state index in [1.807, 2.05) is 18.2 Å². The minimum absolute atomic E-state index is 0.264. The fourth-order valence-corrected chi connectivity index (χ4v) is 2.79. The van der Waals surface area contributed by atoms with Crippen LogP contribution in [-0.4, -0.2) is 32.9 Å². The third-order valence-corrected chi connectivity index (χ3v) is 3.81. The first-order valence-electron chi connectivity index (χ1n) is 7.01. The number of methoxy groups -OCH3 is 1. The van der Waals surface area contributed by atoms with E-state index in [1.165, 1.54) is 5.57 Å². The molecule has 1 spiro atoms. The molecule has 0 atom stereocenters. The van der Waals surface area contributed by atoms with Crippen LogP contribution >= 0.6 is 0 Å². The summed E-state index contributed by atoms with van der Waals surface area (Å²) in [6, 6.07) is 8.07. The molecule has 4 nitrogen and oxygen atoms in total. The Balaban J connectivity index is 1.78. The van der Waals surface area contributed by atoms with Crippen LogP contribution in [0.5, 0.6) is 5.75 Å². The molecule has 0 aromatic heterocycles. The largest absolute Gasteiger partial charge is 0.467 e. The predicted octanol–water partition coefficient (Wildman–Crippen LogP) is 2.98. The first kappa shape index (κ1) is 13.6. The van der Waals surface area contributed by atoms with Crippen LogP contribution in [0.4, 0.5) is 0 Å². The highest BCUT2D eigenvalue weighted by Gasteiger charge is 2.37. The van der Waals surface area contributed by atoms with Crippen LogP contribution in [0.3, 0.4) is 0 Å². The van der Waals surface area contributed by atoms with Crippen molar-refractivity contribution in [1.82, 2.24) is 0 Å². The van der Waals surface area contributed by atoms with E-state index in [-0.39, 0.29) is 12.6 Å². The summed E-state index contributed by atoms with van der Waals surface area (Å²) in [6.45, 7) is 1.67. The average Bonchev–Trinajstić information content (AvgIpc) is 2.95. The molecule has 0 amide bonds. The zero-order chi connectivity index (χ0) is 13.8. The Bertz CT molecular complexity index is 489. The lowest BCUT2D eigenvalue weighted by molar-refractivity contribution is -0.159. The molecule has 1 fully saturated rings. The third kappa shape index (κ3) is 2.73. The normalized spacial score (nSPS) is 20.9. The lowest BCUT2D eigenvalue weighted by Gasteiger charge is -2.31. The molecule has 4 heteroatoms. The van der Waals surface area contributed by atoms with E-state index >= 15 is 0 Å². The smallest absolute Gasteiger partial charge is 0.188 e. The first-order chi connectivity index (χ1) is 9.83. The molecule has 0 unspecified atom stereocenters. The van der Waals surface area contributed by atoms with E-state index < -0.39 is 0 Å². The highest BCUT2D eigenvalue weighted by atomic mass is 16.7. The molecule has 20 heavy (non-hydrogen) atoms. The molecule has 0 radical (unpaired) electrons. The minimum Gasteiger partial charge on any atom is -0.467 e. The topological polar surface area (TPSA) is 36.9 Å². The van der Waals surface area contributed by atoms with E-state index in [0.717, 1.165) is 30.6 Å². The Labute approximate surface area is 119 Å². The van der Waals surface area contributed by atoms with Crippen molar-refractivity contribution in [2.45, 2.75) is 25.0 Å². The zero-order valence-electron chi connectivity index (χ0n) is 11.8. The van der Waals surface area contributed by atoms with Gasteiger partial charge in [-0.1, -0.05) is 24.3 Å². The quantitative estimate of drug-likeness (QED) is 0.792. The minimum atomic E-state index is -0.369. The second-order valence-electron chi connectivity index (χ2n) is 5.09. The highest BCUT2D eigenvalue weighted by molar-refractivity contribution is 5.71. The second-order valence-corrected chi connectivity index (χ2v) is 5.09. The van der Waals surface area contributed by atoms with Gasteiger partial charge in [0.15, 0.2) is 12.6 Å². The summed E-state index contributed by atoms with van der Waals surface area (Å²) in [6.07, 6.45) is 4.86. The molecule has 3 rings (SSSR count). The van der Waals surface area contributed by atoms with Crippen molar-refractivity contribution in [3.8, 4) is 5.75 Å². The number of para-hydroxylation sites is 1.